The van der Waals surface area contributed by atoms with E-state index in [2.05, 4.69) is 38.1 Å². The van der Waals surface area contributed by atoms with Crippen LogP contribution < -0.4 is 16.0 Å². The van der Waals surface area contributed by atoms with Crippen molar-refractivity contribution in [2.24, 2.45) is 0 Å². The molecule has 104 valence electrons. The Hall–Kier alpha value is -2.14. The monoisotopic (exact) mass is 269 g/mol. The number of hydrogen-bond acceptors (Lipinski definition) is 5. The summed E-state index contributed by atoms with van der Waals surface area (Å²) in [6.45, 7) is 2.83. The highest BCUT2D eigenvalue weighted by Gasteiger charge is 2.14. The van der Waals surface area contributed by atoms with Gasteiger partial charge in [0.25, 0.3) is 0 Å². The predicted octanol–water partition coefficient (Wildman–Crippen LogP) is 1.86. The van der Waals surface area contributed by atoms with Crippen molar-refractivity contribution in [3.8, 4) is 0 Å². The Morgan fingerprint density at radius 1 is 1.15 bits per heavy atom. The molecule has 0 bridgehead atoms. The number of nitrogens with zero attached hydrogens (tertiary/aromatic N) is 2. The minimum Gasteiger partial charge on any atom is -0.366 e. The Labute approximate surface area is 118 Å². The molecule has 1 aromatic carbocycles. The maximum atomic E-state index is 4.27. The largest absolute Gasteiger partial charge is 0.366 e. The van der Waals surface area contributed by atoms with E-state index < -0.39 is 0 Å². The summed E-state index contributed by atoms with van der Waals surface area (Å²) in [6, 6.07) is 12.7. The van der Waals surface area contributed by atoms with E-state index in [9.17, 15) is 0 Å². The molecule has 1 atom stereocenters. The van der Waals surface area contributed by atoms with E-state index in [0.29, 0.717) is 6.04 Å². The molecule has 0 radical (unpaired) electrons. The third-order valence-corrected chi connectivity index (χ3v) is 3.40. The highest BCUT2D eigenvalue weighted by molar-refractivity contribution is 5.47. The summed E-state index contributed by atoms with van der Waals surface area (Å²) in [7, 11) is 0. The van der Waals surface area contributed by atoms with Gasteiger partial charge in [-0.1, -0.05) is 30.3 Å². The molecule has 20 heavy (non-hydrogen) atoms. The van der Waals surface area contributed by atoms with E-state index in [1.165, 1.54) is 5.56 Å². The van der Waals surface area contributed by atoms with Crippen LogP contribution in [-0.2, 0) is 6.54 Å². The minimum atomic E-state index is 0.465. The predicted molar refractivity (Wildman–Crippen MR) is 80.7 cm³/mol. The van der Waals surface area contributed by atoms with Crippen LogP contribution in [0.3, 0.4) is 0 Å². The second-order valence-corrected chi connectivity index (χ2v) is 4.96. The summed E-state index contributed by atoms with van der Waals surface area (Å²) in [5.41, 5.74) is 1.24. The Morgan fingerprint density at radius 2 is 2.00 bits per heavy atom. The lowest BCUT2D eigenvalue weighted by molar-refractivity contribution is 0.787. The van der Waals surface area contributed by atoms with Crippen molar-refractivity contribution < 1.29 is 0 Å². The number of anilines is 2. The van der Waals surface area contributed by atoms with Crippen molar-refractivity contribution in [2.45, 2.75) is 19.0 Å². The molecule has 0 saturated carbocycles. The summed E-state index contributed by atoms with van der Waals surface area (Å²) in [5, 5.41) is 10.1. The normalized spacial score (nSPS) is 17.9. The van der Waals surface area contributed by atoms with Crippen molar-refractivity contribution in [1.82, 2.24) is 15.3 Å². The summed E-state index contributed by atoms with van der Waals surface area (Å²) in [5.74, 6) is 1.72. The quantitative estimate of drug-likeness (QED) is 0.773. The topological polar surface area (TPSA) is 61.9 Å². The molecule has 0 aliphatic carbocycles. The van der Waals surface area contributed by atoms with Gasteiger partial charge < -0.3 is 16.0 Å². The molecule has 3 rings (SSSR count). The van der Waals surface area contributed by atoms with E-state index in [-0.39, 0.29) is 0 Å². The molecule has 5 nitrogen and oxygen atoms in total. The first kappa shape index (κ1) is 12.9. The van der Waals surface area contributed by atoms with E-state index in [1.807, 2.05) is 24.3 Å². The molecule has 1 aliphatic heterocycles. The van der Waals surface area contributed by atoms with Crippen LogP contribution in [0.4, 0.5) is 11.6 Å². The van der Waals surface area contributed by atoms with Gasteiger partial charge in [0.05, 0.1) is 0 Å². The Bertz CT molecular complexity index is 537. The van der Waals surface area contributed by atoms with Gasteiger partial charge in [0.2, 0.25) is 0 Å². The van der Waals surface area contributed by atoms with Gasteiger partial charge in [-0.3, -0.25) is 0 Å². The summed E-state index contributed by atoms with van der Waals surface area (Å²) in [4.78, 5) is 8.52. The zero-order chi connectivity index (χ0) is 13.6. The fraction of sp³-hybridized carbons (Fsp3) is 0.333. The van der Waals surface area contributed by atoms with Crippen LogP contribution in [0.5, 0.6) is 0 Å². The van der Waals surface area contributed by atoms with Gasteiger partial charge in [-0.05, 0) is 18.5 Å². The maximum absolute atomic E-state index is 4.27. The minimum absolute atomic E-state index is 0.465. The number of rotatable bonds is 5. The highest BCUT2D eigenvalue weighted by Crippen LogP contribution is 2.13. The van der Waals surface area contributed by atoms with Crippen LogP contribution >= 0.6 is 0 Å². The average molecular weight is 269 g/mol. The molecule has 0 unspecified atom stereocenters. The number of nitrogens with one attached hydrogen (secondary N) is 3. The van der Waals surface area contributed by atoms with Gasteiger partial charge in [0.15, 0.2) is 0 Å². The molecule has 1 aromatic heterocycles. The molecule has 2 heterocycles. The average Bonchev–Trinajstić information content (AvgIpc) is 3.00. The van der Waals surface area contributed by atoms with Crippen LogP contribution in [0.25, 0.3) is 0 Å². The molecule has 2 aromatic rings. The summed E-state index contributed by atoms with van der Waals surface area (Å²) in [6.07, 6.45) is 2.73. The molecule has 1 aliphatic rings. The van der Waals surface area contributed by atoms with Crippen molar-refractivity contribution >= 4 is 11.6 Å². The first-order valence-electron chi connectivity index (χ1n) is 6.97. The number of hydrogen-bond donors (Lipinski definition) is 3. The van der Waals surface area contributed by atoms with Gasteiger partial charge in [-0.15, -0.1) is 0 Å². The van der Waals surface area contributed by atoms with E-state index >= 15 is 0 Å². The second kappa shape index (κ2) is 6.34. The molecule has 0 amide bonds. The van der Waals surface area contributed by atoms with Crippen molar-refractivity contribution in [2.75, 3.05) is 23.7 Å². The molecular formula is C15H19N5. The zero-order valence-corrected chi connectivity index (χ0v) is 11.3. The lowest BCUT2D eigenvalue weighted by Crippen LogP contribution is -2.22. The third-order valence-electron chi connectivity index (χ3n) is 3.40. The fourth-order valence-corrected chi connectivity index (χ4v) is 2.31. The smallest absolute Gasteiger partial charge is 0.131 e. The van der Waals surface area contributed by atoms with Crippen molar-refractivity contribution in [1.29, 1.82) is 0 Å². The lowest BCUT2D eigenvalue weighted by atomic mass is 10.2. The zero-order valence-electron chi connectivity index (χ0n) is 11.3. The first-order valence-corrected chi connectivity index (χ1v) is 6.97. The SMILES string of the molecule is c1ccc(CNc2cc(N[C@@H]3CCNC3)ncn2)cc1. The van der Waals surface area contributed by atoms with Gasteiger partial charge >= 0.3 is 0 Å². The summed E-state index contributed by atoms with van der Waals surface area (Å²) < 4.78 is 0. The molecule has 1 fully saturated rings. The molecule has 1 saturated heterocycles. The van der Waals surface area contributed by atoms with Gasteiger partial charge in [0.1, 0.15) is 18.0 Å². The van der Waals surface area contributed by atoms with Gasteiger partial charge in [-0.25, -0.2) is 9.97 Å². The van der Waals surface area contributed by atoms with E-state index in [1.54, 1.807) is 6.33 Å². The maximum Gasteiger partial charge on any atom is 0.131 e. The van der Waals surface area contributed by atoms with Crippen LogP contribution in [0.1, 0.15) is 12.0 Å². The fourth-order valence-electron chi connectivity index (χ4n) is 2.31. The Kier molecular flexibility index (Phi) is 4.08. The standard InChI is InChI=1S/C15H19N5/c1-2-4-12(5-3-1)9-17-14-8-15(19-11-18-14)20-13-6-7-16-10-13/h1-5,8,11,13,16H,6-7,9-10H2,(H2,17,18,19,20)/t13-/m1/s1. The molecule has 0 spiro atoms. The molecule has 5 heteroatoms. The van der Waals surface area contributed by atoms with Gasteiger partial charge in [-0.2, -0.15) is 0 Å². The van der Waals surface area contributed by atoms with Crippen LogP contribution in [0, 0.1) is 0 Å². The van der Waals surface area contributed by atoms with Crippen LogP contribution in [0.2, 0.25) is 0 Å². The second-order valence-electron chi connectivity index (χ2n) is 4.96. The number of aromatic nitrogens is 2. The Balaban J connectivity index is 1.59. The third kappa shape index (κ3) is 3.45. The van der Waals surface area contributed by atoms with Crippen LogP contribution in [0.15, 0.2) is 42.7 Å². The summed E-state index contributed by atoms with van der Waals surface area (Å²) >= 11 is 0. The van der Waals surface area contributed by atoms with E-state index in [0.717, 1.165) is 37.7 Å². The first-order chi connectivity index (χ1) is 9.90. The highest BCUT2D eigenvalue weighted by atomic mass is 15.1. The van der Waals surface area contributed by atoms with Gasteiger partial charge in [0, 0.05) is 25.2 Å². The molecule has 3 N–H and O–H groups in total. The van der Waals surface area contributed by atoms with Crippen LogP contribution in [-0.4, -0.2) is 29.1 Å². The molecular weight excluding hydrogens is 250 g/mol. The van der Waals surface area contributed by atoms with Crippen molar-refractivity contribution in [3.63, 3.8) is 0 Å². The van der Waals surface area contributed by atoms with E-state index in [4.69, 9.17) is 0 Å². The van der Waals surface area contributed by atoms with Crippen molar-refractivity contribution in [3.05, 3.63) is 48.3 Å². The lowest BCUT2D eigenvalue weighted by Gasteiger charge is -2.12. The Morgan fingerprint density at radius 3 is 2.80 bits per heavy atom. The number of benzene rings is 1.